The summed E-state index contributed by atoms with van der Waals surface area (Å²) in [4.78, 5) is 24.1. The van der Waals surface area contributed by atoms with E-state index < -0.39 is 0 Å². The molecule has 0 fully saturated rings. The summed E-state index contributed by atoms with van der Waals surface area (Å²) in [6.45, 7) is -0.0469. The molecule has 6 N–H and O–H groups in total. The van der Waals surface area contributed by atoms with E-state index in [9.17, 15) is 9.59 Å². The molecule has 0 bridgehead atoms. The van der Waals surface area contributed by atoms with Crippen LogP contribution in [0.5, 0.6) is 5.75 Å². The van der Waals surface area contributed by atoms with Gasteiger partial charge in [-0.05, 0) is 24.3 Å². The molecule has 0 saturated carbocycles. The maximum Gasteiger partial charge on any atom is 0.257 e. The van der Waals surface area contributed by atoms with Crippen LogP contribution in [0, 0.1) is 5.41 Å². The molecule has 10 heteroatoms. The van der Waals surface area contributed by atoms with E-state index in [0.717, 1.165) is 5.69 Å². The molecule has 0 saturated heterocycles. The summed E-state index contributed by atoms with van der Waals surface area (Å²) in [5.41, 5.74) is 7.74. The third-order valence-corrected chi connectivity index (χ3v) is 4.49. The van der Waals surface area contributed by atoms with Gasteiger partial charge in [-0.1, -0.05) is 35.7 Å². The van der Waals surface area contributed by atoms with Crippen molar-refractivity contribution in [2.45, 2.75) is 6.54 Å². The lowest BCUT2D eigenvalue weighted by Gasteiger charge is -2.14. The number of nitrogens with one attached hydrogen (secondary N) is 4. The van der Waals surface area contributed by atoms with Gasteiger partial charge in [-0.2, -0.15) is 0 Å². The average Bonchev–Trinajstić information content (AvgIpc) is 2.70. The first-order valence-electron chi connectivity index (χ1n) is 8.52. The lowest BCUT2D eigenvalue weighted by atomic mass is 10.1. The van der Waals surface area contributed by atoms with E-state index in [-0.39, 0.29) is 30.8 Å². The van der Waals surface area contributed by atoms with Crippen LogP contribution < -0.4 is 25.8 Å². The summed E-state index contributed by atoms with van der Waals surface area (Å²) < 4.78 is 8.58. The van der Waals surface area contributed by atoms with Gasteiger partial charge in [0, 0.05) is 47.2 Å². The Morgan fingerprint density at radius 1 is 1.21 bits per heavy atom. The topological polar surface area (TPSA) is 129 Å². The van der Waals surface area contributed by atoms with E-state index >= 15 is 0 Å². The van der Waals surface area contributed by atoms with Crippen LogP contribution in [0.15, 0.2) is 36.4 Å². The fourth-order valence-corrected chi connectivity index (χ4v) is 2.98. The summed E-state index contributed by atoms with van der Waals surface area (Å²) in [5.74, 6) is -0.388. The van der Waals surface area contributed by atoms with Crippen molar-refractivity contribution in [1.29, 1.82) is 5.41 Å². The lowest BCUT2D eigenvalue weighted by molar-refractivity contribution is -0.122. The fraction of sp³-hybridized carbons (Fsp3) is 0.211. The zero-order chi connectivity index (χ0) is 21.4. The van der Waals surface area contributed by atoms with Crippen molar-refractivity contribution in [2.24, 2.45) is 5.73 Å². The van der Waals surface area contributed by atoms with Gasteiger partial charge in [0.05, 0.1) is 0 Å². The zero-order valence-corrected chi connectivity index (χ0v) is 17.5. The van der Waals surface area contributed by atoms with Crippen molar-refractivity contribution >= 4 is 46.9 Å². The number of amides is 2. The fourth-order valence-electron chi connectivity index (χ4n) is 2.39. The van der Waals surface area contributed by atoms with E-state index in [0.29, 0.717) is 27.5 Å². The van der Waals surface area contributed by atoms with Gasteiger partial charge in [-0.15, -0.1) is 0 Å². The summed E-state index contributed by atoms with van der Waals surface area (Å²) in [6.07, 6.45) is 1.87. The molecule has 0 aliphatic carbocycles. The Morgan fingerprint density at radius 2 is 1.97 bits per heavy atom. The molecule has 2 aromatic carbocycles. The summed E-state index contributed by atoms with van der Waals surface area (Å²) >= 11 is 7.48. The van der Waals surface area contributed by atoms with E-state index in [2.05, 4.69) is 15.4 Å². The molecular formula is C19H22ClN5O3S. The minimum absolute atomic E-state index is 0.127. The smallest absolute Gasteiger partial charge is 0.257 e. The standard InChI is InChI=1S/C19H22ClN5O3S/c1-23-17(26)10-28-16-7-11(18(21)22)3-4-12(16)9-24-19(27)13-5-14(20)8-15(6-13)25-29-2/h3-8,25H,9-10H2,1-2H3,(H3,21,22)(H,23,26)(H,24,27). The average molecular weight is 436 g/mol. The van der Waals surface area contributed by atoms with Gasteiger partial charge in [0.15, 0.2) is 6.61 Å². The van der Waals surface area contributed by atoms with Crippen molar-refractivity contribution in [3.05, 3.63) is 58.1 Å². The minimum atomic E-state index is -0.315. The second kappa shape index (κ2) is 10.6. The summed E-state index contributed by atoms with van der Waals surface area (Å²) in [5, 5.41) is 13.3. The van der Waals surface area contributed by atoms with Crippen LogP contribution in [0.1, 0.15) is 21.5 Å². The van der Waals surface area contributed by atoms with Crippen LogP contribution in [0.2, 0.25) is 5.02 Å². The van der Waals surface area contributed by atoms with Gasteiger partial charge in [-0.3, -0.25) is 15.0 Å². The van der Waals surface area contributed by atoms with Crippen LogP contribution >= 0.6 is 23.5 Å². The maximum absolute atomic E-state index is 12.6. The predicted molar refractivity (Wildman–Crippen MR) is 117 cm³/mol. The van der Waals surface area contributed by atoms with Crippen molar-refractivity contribution in [1.82, 2.24) is 10.6 Å². The SMILES string of the molecule is CNC(=O)COc1cc(C(=N)N)ccc1CNC(=O)c1cc(Cl)cc(NSC)c1. The van der Waals surface area contributed by atoms with Crippen LogP contribution in [0.3, 0.4) is 0 Å². The number of anilines is 1. The third kappa shape index (κ3) is 6.58. The minimum Gasteiger partial charge on any atom is -0.483 e. The van der Waals surface area contributed by atoms with Gasteiger partial charge >= 0.3 is 0 Å². The van der Waals surface area contributed by atoms with E-state index in [4.69, 9.17) is 27.5 Å². The number of carbonyl (C=O) groups is 2. The normalized spacial score (nSPS) is 10.2. The van der Waals surface area contributed by atoms with Crippen LogP contribution in [-0.2, 0) is 11.3 Å². The molecular weight excluding hydrogens is 414 g/mol. The van der Waals surface area contributed by atoms with E-state index in [1.54, 1.807) is 36.4 Å². The first kappa shape index (κ1) is 22.4. The Bertz CT molecular complexity index is 923. The molecule has 0 radical (unpaired) electrons. The molecule has 0 unspecified atom stereocenters. The molecule has 2 amide bonds. The van der Waals surface area contributed by atoms with Gasteiger partial charge in [0.2, 0.25) is 0 Å². The second-order valence-corrected chi connectivity index (χ2v) is 6.96. The Hall–Kier alpha value is -2.91. The molecule has 2 rings (SSSR count). The van der Waals surface area contributed by atoms with Crippen LogP contribution in [-0.4, -0.2) is 37.6 Å². The molecule has 154 valence electrons. The Balaban J connectivity index is 2.17. The van der Waals surface area contributed by atoms with Gasteiger partial charge in [-0.25, -0.2) is 0 Å². The molecule has 29 heavy (non-hydrogen) atoms. The molecule has 0 atom stereocenters. The Labute approximate surface area is 178 Å². The zero-order valence-electron chi connectivity index (χ0n) is 16.0. The molecule has 0 spiro atoms. The number of nitrogens with two attached hydrogens (primary N) is 1. The summed E-state index contributed by atoms with van der Waals surface area (Å²) in [7, 11) is 1.50. The number of rotatable bonds is 9. The van der Waals surface area contributed by atoms with E-state index in [1.165, 1.54) is 19.0 Å². The monoisotopic (exact) mass is 435 g/mol. The highest BCUT2D eigenvalue weighted by molar-refractivity contribution is 7.99. The first-order valence-corrected chi connectivity index (χ1v) is 10.1. The molecule has 0 heterocycles. The number of amidine groups is 1. The number of ether oxygens (including phenoxy) is 1. The number of likely N-dealkylation sites (N-methyl/N-ethyl adjacent to an activating group) is 1. The molecule has 8 nitrogen and oxygen atoms in total. The Morgan fingerprint density at radius 3 is 2.62 bits per heavy atom. The highest BCUT2D eigenvalue weighted by Crippen LogP contribution is 2.23. The number of carbonyl (C=O) groups excluding carboxylic acids is 2. The van der Waals surface area contributed by atoms with Crippen molar-refractivity contribution in [2.75, 3.05) is 24.6 Å². The molecule has 0 aliphatic heterocycles. The van der Waals surface area contributed by atoms with Crippen molar-refractivity contribution in [3.63, 3.8) is 0 Å². The predicted octanol–water partition coefficient (Wildman–Crippen LogP) is 2.37. The highest BCUT2D eigenvalue weighted by atomic mass is 35.5. The van der Waals surface area contributed by atoms with Crippen molar-refractivity contribution in [3.8, 4) is 5.75 Å². The lowest BCUT2D eigenvalue weighted by Crippen LogP contribution is -2.26. The van der Waals surface area contributed by atoms with Gasteiger partial charge < -0.3 is 25.8 Å². The number of hydrogen-bond donors (Lipinski definition) is 5. The van der Waals surface area contributed by atoms with Crippen molar-refractivity contribution < 1.29 is 14.3 Å². The van der Waals surface area contributed by atoms with Gasteiger partial charge in [0.1, 0.15) is 11.6 Å². The first-order chi connectivity index (χ1) is 13.8. The van der Waals surface area contributed by atoms with Crippen LogP contribution in [0.25, 0.3) is 0 Å². The number of hydrogen-bond acceptors (Lipinski definition) is 6. The summed E-state index contributed by atoms with van der Waals surface area (Å²) in [6, 6.07) is 9.89. The number of nitrogen functional groups attached to an aromatic ring is 1. The largest absolute Gasteiger partial charge is 0.483 e. The van der Waals surface area contributed by atoms with E-state index in [1.807, 2.05) is 6.26 Å². The Kier molecular flexibility index (Phi) is 8.17. The third-order valence-electron chi connectivity index (χ3n) is 3.84. The highest BCUT2D eigenvalue weighted by Gasteiger charge is 2.12. The number of benzene rings is 2. The second-order valence-electron chi connectivity index (χ2n) is 5.92. The number of halogens is 1. The quantitative estimate of drug-likeness (QED) is 0.233. The molecule has 0 aromatic heterocycles. The van der Waals surface area contributed by atoms with Gasteiger partial charge in [0.25, 0.3) is 11.8 Å². The maximum atomic E-state index is 12.6. The molecule has 0 aliphatic rings. The van der Waals surface area contributed by atoms with Crippen LogP contribution in [0.4, 0.5) is 5.69 Å². The molecule has 2 aromatic rings.